The van der Waals surface area contributed by atoms with Crippen LogP contribution in [-0.4, -0.2) is 25.8 Å². The van der Waals surface area contributed by atoms with Crippen LogP contribution in [-0.2, 0) is 13.6 Å². The average Bonchev–Trinajstić information content (AvgIpc) is 3.02. The van der Waals surface area contributed by atoms with Crippen LogP contribution in [0.1, 0.15) is 17.8 Å². The van der Waals surface area contributed by atoms with Gasteiger partial charge in [0.2, 0.25) is 0 Å². The first-order chi connectivity index (χ1) is 13.6. The van der Waals surface area contributed by atoms with Crippen LogP contribution in [0.5, 0.6) is 0 Å². The van der Waals surface area contributed by atoms with Gasteiger partial charge in [0.15, 0.2) is 0 Å². The van der Waals surface area contributed by atoms with E-state index >= 15 is 0 Å². The van der Waals surface area contributed by atoms with E-state index in [4.69, 9.17) is 4.98 Å². The van der Waals surface area contributed by atoms with Crippen molar-refractivity contribution in [3.8, 4) is 0 Å². The lowest BCUT2D eigenvalue weighted by molar-refractivity contribution is 0.278. The van der Waals surface area contributed by atoms with E-state index in [-0.39, 0.29) is 12.2 Å². The number of aryl methyl sites for hydroxylation is 1. The molecule has 0 unspecified atom stereocenters. The Morgan fingerprint density at radius 2 is 1.96 bits per heavy atom. The highest BCUT2D eigenvalue weighted by atomic mass is 127. The number of aliphatic hydroxyl groups excluding tert-OH is 1. The monoisotopic (exact) mass is 485 g/mol. The van der Waals surface area contributed by atoms with E-state index in [1.54, 1.807) is 4.57 Å². The molecule has 0 aliphatic carbocycles. The third-order valence-corrected chi connectivity index (χ3v) is 5.50. The molecule has 4 aromatic rings. The number of aliphatic hydroxyl groups is 1. The molecule has 1 N–H and O–H groups in total. The summed E-state index contributed by atoms with van der Waals surface area (Å²) in [5, 5.41) is 11.0. The van der Waals surface area contributed by atoms with Crippen LogP contribution in [0, 0.1) is 3.57 Å². The van der Waals surface area contributed by atoms with Crippen molar-refractivity contribution in [2.75, 3.05) is 6.61 Å². The number of rotatable bonds is 5. The van der Waals surface area contributed by atoms with E-state index in [1.165, 1.54) is 0 Å². The summed E-state index contributed by atoms with van der Waals surface area (Å²) in [6.07, 6.45) is 6.46. The van der Waals surface area contributed by atoms with Gasteiger partial charge in [-0.1, -0.05) is 18.2 Å². The molecular weight excluding hydrogens is 465 g/mol. The Labute approximate surface area is 176 Å². The molecule has 0 aliphatic heterocycles. The van der Waals surface area contributed by atoms with E-state index in [9.17, 15) is 9.90 Å². The summed E-state index contributed by atoms with van der Waals surface area (Å²) in [5.74, 6) is 0.597. The van der Waals surface area contributed by atoms with Gasteiger partial charge in [-0.05, 0) is 65.4 Å². The zero-order valence-electron chi connectivity index (χ0n) is 15.5. The Morgan fingerprint density at radius 3 is 2.79 bits per heavy atom. The quantitative estimate of drug-likeness (QED) is 0.434. The lowest BCUT2D eigenvalue weighted by Crippen LogP contribution is -2.24. The van der Waals surface area contributed by atoms with Crippen LogP contribution in [0.15, 0.2) is 53.5 Å². The van der Waals surface area contributed by atoms with Crippen molar-refractivity contribution >= 4 is 56.5 Å². The highest BCUT2D eigenvalue weighted by Crippen LogP contribution is 2.22. The number of fused-ring (bicyclic) bond motifs is 2. The first-order valence-electron chi connectivity index (χ1n) is 9.11. The van der Waals surface area contributed by atoms with Crippen molar-refractivity contribution in [1.29, 1.82) is 0 Å². The Balaban J connectivity index is 1.85. The normalized spacial score (nSPS) is 11.8. The van der Waals surface area contributed by atoms with Gasteiger partial charge in [0.25, 0.3) is 5.56 Å². The van der Waals surface area contributed by atoms with E-state index < -0.39 is 0 Å². The fourth-order valence-electron chi connectivity index (χ4n) is 3.45. The van der Waals surface area contributed by atoms with Gasteiger partial charge in [-0.3, -0.25) is 9.36 Å². The van der Waals surface area contributed by atoms with Crippen LogP contribution in [0.3, 0.4) is 0 Å². The van der Waals surface area contributed by atoms with Crippen LogP contribution in [0.25, 0.3) is 34.0 Å². The van der Waals surface area contributed by atoms with Gasteiger partial charge in [0.1, 0.15) is 5.82 Å². The van der Waals surface area contributed by atoms with Crippen LogP contribution in [0.2, 0.25) is 0 Å². The minimum absolute atomic E-state index is 0.0310. The van der Waals surface area contributed by atoms with Crippen LogP contribution >= 0.6 is 22.6 Å². The zero-order valence-corrected chi connectivity index (χ0v) is 17.6. The van der Waals surface area contributed by atoms with Gasteiger partial charge < -0.3 is 9.67 Å². The molecule has 2 heterocycles. The summed E-state index contributed by atoms with van der Waals surface area (Å²) in [5.41, 5.74) is 2.84. The molecule has 2 aromatic carbocycles. The predicted octanol–water partition coefficient (Wildman–Crippen LogP) is 4.05. The van der Waals surface area contributed by atoms with E-state index in [0.29, 0.717) is 29.7 Å². The van der Waals surface area contributed by atoms with Crippen LogP contribution < -0.4 is 5.56 Å². The first kappa shape index (κ1) is 18.9. The minimum Gasteiger partial charge on any atom is -0.396 e. The molecule has 2 aromatic heterocycles. The van der Waals surface area contributed by atoms with E-state index in [0.717, 1.165) is 20.0 Å². The van der Waals surface area contributed by atoms with Crippen molar-refractivity contribution < 1.29 is 5.11 Å². The van der Waals surface area contributed by atoms with E-state index in [2.05, 4.69) is 45.5 Å². The summed E-state index contributed by atoms with van der Waals surface area (Å²) < 4.78 is 4.73. The average molecular weight is 485 g/mol. The molecule has 0 atom stereocenters. The molecule has 6 heteroatoms. The van der Waals surface area contributed by atoms with Crippen molar-refractivity contribution in [1.82, 2.24) is 14.1 Å². The molecule has 142 valence electrons. The van der Waals surface area contributed by atoms with Gasteiger partial charge in [-0.2, -0.15) is 0 Å². The van der Waals surface area contributed by atoms with Crippen molar-refractivity contribution in [2.24, 2.45) is 7.05 Å². The maximum Gasteiger partial charge on any atom is 0.261 e. The zero-order chi connectivity index (χ0) is 19.7. The highest BCUT2D eigenvalue weighted by Gasteiger charge is 2.10. The molecule has 0 fully saturated rings. The summed E-state index contributed by atoms with van der Waals surface area (Å²) in [4.78, 5) is 17.8. The van der Waals surface area contributed by atoms with Crippen molar-refractivity contribution in [2.45, 2.75) is 13.0 Å². The summed E-state index contributed by atoms with van der Waals surface area (Å²) in [6, 6.07) is 13.9. The first-order valence-corrected chi connectivity index (χ1v) is 10.2. The topological polar surface area (TPSA) is 60.0 Å². The lowest BCUT2D eigenvalue weighted by atomic mass is 10.1. The third-order valence-electron chi connectivity index (χ3n) is 4.83. The molecule has 0 amide bonds. The molecule has 28 heavy (non-hydrogen) atoms. The fourth-order valence-corrected chi connectivity index (χ4v) is 3.94. The molecule has 0 bridgehead atoms. The largest absolute Gasteiger partial charge is 0.396 e. The molecule has 5 nitrogen and oxygen atoms in total. The van der Waals surface area contributed by atoms with Crippen molar-refractivity contribution in [3.05, 3.63) is 74.0 Å². The van der Waals surface area contributed by atoms with Gasteiger partial charge >= 0.3 is 0 Å². The minimum atomic E-state index is -0.0745. The second kappa shape index (κ2) is 7.89. The Morgan fingerprint density at radius 1 is 1.14 bits per heavy atom. The highest BCUT2D eigenvalue weighted by molar-refractivity contribution is 14.1. The number of benzene rings is 2. The SMILES string of the molecule is Cn1cc(/C=C/c2nc3ccc(I)cc3c(=O)n2CCCO)c2ccccc21. The van der Waals surface area contributed by atoms with Crippen LogP contribution in [0.4, 0.5) is 0 Å². The van der Waals surface area contributed by atoms with E-state index in [1.807, 2.05) is 49.5 Å². The second-order valence-corrected chi connectivity index (χ2v) is 7.96. The van der Waals surface area contributed by atoms with Crippen molar-refractivity contribution in [3.63, 3.8) is 0 Å². The molecule has 0 aliphatic rings. The molecule has 0 spiro atoms. The lowest BCUT2D eigenvalue weighted by Gasteiger charge is -2.10. The Bertz CT molecular complexity index is 1250. The standard InChI is InChI=1S/C22H20IN3O2/c1-25-14-15(17-5-2-3-6-20(17)25)7-10-21-24-19-9-8-16(23)13-18(19)22(28)26(21)11-4-12-27/h2-3,5-10,13-14,27H,4,11-12H2,1H3/b10-7+. The smallest absolute Gasteiger partial charge is 0.261 e. The molecule has 0 saturated heterocycles. The summed E-state index contributed by atoms with van der Waals surface area (Å²) in [6.45, 7) is 0.461. The Kier molecular flexibility index (Phi) is 5.32. The fraction of sp³-hybridized carbons (Fsp3) is 0.182. The summed E-state index contributed by atoms with van der Waals surface area (Å²) in [7, 11) is 2.02. The number of halogens is 1. The van der Waals surface area contributed by atoms with Gasteiger partial charge in [-0.25, -0.2) is 4.98 Å². The molecule has 0 radical (unpaired) electrons. The van der Waals surface area contributed by atoms with Gasteiger partial charge in [0.05, 0.1) is 10.9 Å². The number of aromatic nitrogens is 3. The van der Waals surface area contributed by atoms with Gasteiger partial charge in [0, 0.05) is 46.4 Å². The summed E-state index contributed by atoms with van der Waals surface area (Å²) >= 11 is 2.20. The number of nitrogens with zero attached hydrogens (tertiary/aromatic N) is 3. The maximum atomic E-state index is 13.0. The number of hydrogen-bond acceptors (Lipinski definition) is 3. The van der Waals surface area contributed by atoms with Gasteiger partial charge in [-0.15, -0.1) is 0 Å². The third kappa shape index (κ3) is 3.49. The Hall–Kier alpha value is -2.45. The molecule has 0 saturated carbocycles. The number of para-hydroxylation sites is 1. The molecule has 4 rings (SSSR count). The number of hydrogen-bond donors (Lipinski definition) is 1. The second-order valence-electron chi connectivity index (χ2n) is 6.71. The maximum absolute atomic E-state index is 13.0. The predicted molar refractivity (Wildman–Crippen MR) is 122 cm³/mol. The molecular formula is C22H20IN3O2.